The van der Waals surface area contributed by atoms with Crippen molar-refractivity contribution in [3.8, 4) is 11.1 Å². The maximum absolute atomic E-state index is 2.79. The Kier molecular flexibility index (Phi) is 6.97. The largest absolute Gasteiger partial charge is 0.375 e. The number of rotatable bonds is 1. The van der Waals surface area contributed by atoms with Gasteiger partial charge in [0.2, 0.25) is 0 Å². The third-order valence-corrected chi connectivity index (χ3v) is 19.0. The van der Waals surface area contributed by atoms with Gasteiger partial charge in [-0.3, -0.25) is 0 Å². The second kappa shape index (κ2) is 11.9. The van der Waals surface area contributed by atoms with Gasteiger partial charge < -0.3 is 9.38 Å². The Balaban J connectivity index is 1.20. The Labute approximate surface area is 378 Å². The molecule has 2 nitrogen and oxygen atoms in total. The van der Waals surface area contributed by atoms with Crippen LogP contribution in [-0.2, 0) is 21.7 Å². The number of thiophene rings is 2. The zero-order valence-corrected chi connectivity index (χ0v) is 39.2. The number of anilines is 3. The van der Waals surface area contributed by atoms with Crippen LogP contribution in [0.25, 0.3) is 74.0 Å². The Morgan fingerprint density at radius 2 is 1.13 bits per heavy atom. The first-order valence-electron chi connectivity index (χ1n) is 23.2. The van der Waals surface area contributed by atoms with Crippen molar-refractivity contribution in [3.05, 3.63) is 138 Å². The van der Waals surface area contributed by atoms with Gasteiger partial charge in [-0.25, -0.2) is 0 Å². The van der Waals surface area contributed by atoms with Crippen LogP contribution < -0.4 is 15.1 Å². The molecule has 4 aliphatic rings. The van der Waals surface area contributed by atoms with Crippen LogP contribution in [0.5, 0.6) is 0 Å². The topological polar surface area (TPSA) is 8.17 Å². The molecule has 10 aromatic rings. The van der Waals surface area contributed by atoms with Crippen molar-refractivity contribution in [2.75, 3.05) is 4.90 Å². The lowest BCUT2D eigenvalue weighted by atomic mass is 9.48. The van der Waals surface area contributed by atoms with Crippen molar-refractivity contribution in [2.24, 2.45) is 0 Å². The molecule has 0 spiro atoms. The molecule has 14 rings (SSSR count). The van der Waals surface area contributed by atoms with Crippen LogP contribution in [0.2, 0.25) is 0 Å². The van der Waals surface area contributed by atoms with Crippen molar-refractivity contribution >= 4 is 120 Å². The predicted molar refractivity (Wildman–Crippen MR) is 276 cm³/mol. The Morgan fingerprint density at radius 3 is 1.89 bits per heavy atom. The smallest absolute Gasteiger partial charge is 0.343 e. The van der Waals surface area contributed by atoms with Crippen molar-refractivity contribution < 1.29 is 0 Å². The van der Waals surface area contributed by atoms with Crippen LogP contribution in [0.15, 0.2) is 115 Å². The van der Waals surface area contributed by atoms with Crippen molar-refractivity contribution in [1.82, 2.24) is 4.48 Å². The second-order valence-corrected chi connectivity index (χ2v) is 24.3. The fraction of sp³-hybridized carbons (Fsp3) is 0.276. The first-order chi connectivity index (χ1) is 30.2. The molecular weight excluding hydrogens is 800 g/mol. The van der Waals surface area contributed by atoms with Crippen LogP contribution in [-0.4, -0.2) is 11.3 Å². The second-order valence-electron chi connectivity index (χ2n) is 22.2. The zero-order chi connectivity index (χ0) is 42.7. The summed E-state index contributed by atoms with van der Waals surface area (Å²) in [6.45, 7) is 19.8. The molecule has 7 aromatic carbocycles. The van der Waals surface area contributed by atoms with E-state index in [4.69, 9.17) is 0 Å². The molecule has 0 N–H and O–H groups in total. The molecule has 5 heteroatoms. The fourth-order valence-electron chi connectivity index (χ4n) is 12.9. The summed E-state index contributed by atoms with van der Waals surface area (Å²) >= 11 is 4.03. The lowest BCUT2D eigenvalue weighted by Gasteiger charge is -2.44. The molecule has 0 unspecified atom stereocenters. The zero-order valence-electron chi connectivity index (χ0n) is 37.6. The highest BCUT2D eigenvalue weighted by Gasteiger charge is 2.48. The first-order valence-corrected chi connectivity index (χ1v) is 24.8. The van der Waals surface area contributed by atoms with Crippen molar-refractivity contribution in [3.63, 3.8) is 0 Å². The minimum Gasteiger partial charge on any atom is -0.375 e. The Morgan fingerprint density at radius 1 is 0.476 bits per heavy atom. The third kappa shape index (κ3) is 4.70. The molecule has 5 heterocycles. The van der Waals surface area contributed by atoms with Crippen LogP contribution in [0.1, 0.15) is 103 Å². The summed E-state index contributed by atoms with van der Waals surface area (Å²) in [5, 5.41) is 9.42. The predicted octanol–water partition coefficient (Wildman–Crippen LogP) is 15.6. The van der Waals surface area contributed by atoms with Gasteiger partial charge in [0, 0.05) is 68.1 Å². The number of benzene rings is 7. The van der Waals surface area contributed by atoms with Crippen molar-refractivity contribution in [1.29, 1.82) is 0 Å². The van der Waals surface area contributed by atoms with Crippen LogP contribution in [0.4, 0.5) is 17.1 Å². The number of fused-ring (bicyclic) bond motifs is 16. The van der Waals surface area contributed by atoms with E-state index in [9.17, 15) is 0 Å². The normalized spacial score (nSPS) is 18.7. The van der Waals surface area contributed by atoms with Gasteiger partial charge in [-0.15, -0.1) is 22.7 Å². The SMILES string of the molecule is CC1(C)CCC(C)(C)c2cc(N3c4c(sc5cc6c(cc45)C(C)(C)CCC6(C)C)B4c5c(cc6sc7ccccc7c6c53)-c3cccc5c6cc7ccccc7cc6n4c35)ccc21. The molecule has 0 bridgehead atoms. The van der Waals surface area contributed by atoms with E-state index in [2.05, 4.69) is 191 Å². The van der Waals surface area contributed by atoms with E-state index >= 15 is 0 Å². The highest BCUT2D eigenvalue weighted by atomic mass is 32.1. The van der Waals surface area contributed by atoms with Gasteiger partial charge in [-0.1, -0.05) is 122 Å². The fourth-order valence-corrected chi connectivity index (χ4v) is 15.4. The number of para-hydroxylation sites is 1. The highest BCUT2D eigenvalue weighted by Crippen LogP contribution is 2.56. The average molecular weight is 851 g/mol. The molecule has 0 amide bonds. The molecule has 0 atom stereocenters. The summed E-state index contributed by atoms with van der Waals surface area (Å²) in [6, 6.07) is 45.7. The van der Waals surface area contributed by atoms with Crippen LogP contribution in [0.3, 0.4) is 0 Å². The minimum absolute atomic E-state index is 0.00354. The third-order valence-electron chi connectivity index (χ3n) is 16.6. The van der Waals surface area contributed by atoms with Gasteiger partial charge in [-0.2, -0.15) is 0 Å². The molecular formula is C58H51BN2S2. The van der Waals surface area contributed by atoms with E-state index in [1.807, 2.05) is 11.3 Å². The summed E-state index contributed by atoms with van der Waals surface area (Å²) in [5.41, 5.74) is 17.4. The summed E-state index contributed by atoms with van der Waals surface area (Å²) in [6.07, 6.45) is 4.79. The number of nitrogens with zero attached hydrogens (tertiary/aromatic N) is 2. The Hall–Kier alpha value is -5.36. The van der Waals surface area contributed by atoms with Gasteiger partial charge in [0.1, 0.15) is 0 Å². The summed E-state index contributed by atoms with van der Waals surface area (Å²) in [5.74, 6) is 0. The molecule has 2 aliphatic heterocycles. The van der Waals surface area contributed by atoms with Crippen LogP contribution >= 0.6 is 22.7 Å². The molecule has 0 fully saturated rings. The van der Waals surface area contributed by atoms with Gasteiger partial charge in [0.05, 0.1) is 11.4 Å². The summed E-state index contributed by atoms with van der Waals surface area (Å²) in [4.78, 5) is 2.79. The van der Waals surface area contributed by atoms with E-state index in [-0.39, 0.29) is 28.5 Å². The molecule has 308 valence electrons. The number of aromatic nitrogens is 1. The quantitative estimate of drug-likeness (QED) is 0.149. The van der Waals surface area contributed by atoms with E-state index in [0.29, 0.717) is 0 Å². The van der Waals surface area contributed by atoms with Gasteiger partial charge >= 0.3 is 6.85 Å². The van der Waals surface area contributed by atoms with E-state index in [0.717, 1.165) is 0 Å². The Bertz CT molecular complexity index is 3720. The van der Waals surface area contributed by atoms with E-state index < -0.39 is 0 Å². The first kappa shape index (κ1) is 37.1. The molecule has 63 heavy (non-hydrogen) atoms. The van der Waals surface area contributed by atoms with E-state index in [1.54, 1.807) is 0 Å². The van der Waals surface area contributed by atoms with Crippen molar-refractivity contribution in [2.45, 2.75) is 103 Å². The average Bonchev–Trinajstić information content (AvgIpc) is 3.94. The summed E-state index contributed by atoms with van der Waals surface area (Å²) < 4.78 is 8.37. The number of hydrogen-bond donors (Lipinski definition) is 0. The number of hydrogen-bond acceptors (Lipinski definition) is 3. The lowest BCUT2D eigenvalue weighted by molar-refractivity contribution is 0.332. The monoisotopic (exact) mass is 850 g/mol. The van der Waals surface area contributed by atoms with Gasteiger partial charge in [0.15, 0.2) is 0 Å². The lowest BCUT2D eigenvalue weighted by Crippen LogP contribution is -2.55. The standard InChI is InChI=1S/C58H51BN2S2/c1-55(2)22-23-56(3,4)42-28-34(20-21-41(42)55)60-52-40-29-43-44(58(7,8)25-24-57(43,5)6)31-47(40)63-54(52)59-50-39(30-48-49(53(50)60)37-16-11-12-19-46(37)62-48)36-18-13-17-35-38-26-32-14-9-10-15-33(32)27-45(38)61(59)51(35)36/h9-21,26-31H,22-25H2,1-8H3. The minimum atomic E-state index is 0.00354. The molecule has 0 saturated carbocycles. The maximum atomic E-state index is 2.79. The van der Waals surface area contributed by atoms with E-state index in [1.165, 1.54) is 149 Å². The molecule has 2 aliphatic carbocycles. The highest BCUT2D eigenvalue weighted by molar-refractivity contribution is 7.32. The summed E-state index contributed by atoms with van der Waals surface area (Å²) in [7, 11) is 0. The molecule has 0 saturated heterocycles. The maximum Gasteiger partial charge on any atom is 0.343 e. The van der Waals surface area contributed by atoms with Crippen LogP contribution in [0, 0.1) is 0 Å². The van der Waals surface area contributed by atoms with Gasteiger partial charge in [-0.05, 0) is 140 Å². The van der Waals surface area contributed by atoms with Gasteiger partial charge in [0.25, 0.3) is 0 Å². The molecule has 0 radical (unpaired) electrons. The molecule has 3 aromatic heterocycles.